The summed E-state index contributed by atoms with van der Waals surface area (Å²) in [5.41, 5.74) is 8.84. The molecule has 16 heavy (non-hydrogen) atoms. The smallest absolute Gasteiger partial charge is 0.207 e. The van der Waals surface area contributed by atoms with Crippen LogP contribution in [0.1, 0.15) is 23.6 Å². The van der Waals surface area contributed by atoms with Gasteiger partial charge in [-0.1, -0.05) is 18.2 Å². The van der Waals surface area contributed by atoms with Crippen LogP contribution in [0.5, 0.6) is 0 Å². The first kappa shape index (κ1) is 12.4. The van der Waals surface area contributed by atoms with E-state index in [-0.39, 0.29) is 0 Å². The molecule has 0 heterocycles. The summed E-state index contributed by atoms with van der Waals surface area (Å²) in [4.78, 5) is 14.4. The van der Waals surface area contributed by atoms with Gasteiger partial charge in [-0.3, -0.25) is 9.79 Å². The molecule has 1 rings (SSSR count). The quantitative estimate of drug-likeness (QED) is 0.553. The van der Waals surface area contributed by atoms with E-state index in [1.54, 1.807) is 6.21 Å². The molecule has 0 spiro atoms. The van der Waals surface area contributed by atoms with Gasteiger partial charge >= 0.3 is 0 Å². The van der Waals surface area contributed by atoms with Crippen molar-refractivity contribution in [2.24, 2.45) is 10.7 Å². The van der Waals surface area contributed by atoms with E-state index >= 15 is 0 Å². The van der Waals surface area contributed by atoms with Gasteiger partial charge in [0.1, 0.15) is 0 Å². The van der Waals surface area contributed by atoms with Crippen LogP contribution in [0.25, 0.3) is 0 Å². The lowest BCUT2D eigenvalue weighted by Gasteiger charge is -2.07. The van der Waals surface area contributed by atoms with Gasteiger partial charge in [-0.2, -0.15) is 0 Å². The second kappa shape index (κ2) is 6.74. The van der Waals surface area contributed by atoms with Crippen molar-refractivity contribution in [1.82, 2.24) is 5.32 Å². The molecule has 0 saturated carbocycles. The molecule has 1 amide bonds. The molecule has 0 aliphatic heterocycles. The number of rotatable bonds is 6. The fraction of sp³-hybridized carbons (Fsp3) is 0.333. The zero-order valence-electron chi connectivity index (χ0n) is 9.44. The Morgan fingerprint density at radius 1 is 1.31 bits per heavy atom. The summed E-state index contributed by atoms with van der Waals surface area (Å²) in [5, 5.41) is 2.64. The fourth-order valence-corrected chi connectivity index (χ4v) is 1.51. The summed E-state index contributed by atoms with van der Waals surface area (Å²) < 4.78 is 0. The summed E-state index contributed by atoms with van der Waals surface area (Å²) in [6.45, 7) is 3.57. The first-order chi connectivity index (χ1) is 7.80. The molecule has 4 heteroatoms. The third-order valence-corrected chi connectivity index (χ3v) is 2.19. The van der Waals surface area contributed by atoms with Gasteiger partial charge in [0.25, 0.3) is 0 Å². The van der Waals surface area contributed by atoms with Crippen LogP contribution < -0.4 is 11.1 Å². The molecule has 1 aromatic carbocycles. The molecule has 0 radical (unpaired) electrons. The third-order valence-electron chi connectivity index (χ3n) is 2.19. The van der Waals surface area contributed by atoms with E-state index in [2.05, 4.69) is 10.3 Å². The lowest BCUT2D eigenvalue weighted by atomic mass is 10.1. The molecule has 0 aromatic heterocycles. The SMILES string of the molecule is CC=NCc1cc(CN)cc(CNC=O)c1. The highest BCUT2D eigenvalue weighted by atomic mass is 16.1. The Morgan fingerprint density at radius 3 is 2.62 bits per heavy atom. The zero-order valence-corrected chi connectivity index (χ0v) is 9.44. The minimum atomic E-state index is 0.498. The monoisotopic (exact) mass is 219 g/mol. The summed E-state index contributed by atoms with van der Waals surface area (Å²) in [7, 11) is 0. The topological polar surface area (TPSA) is 67.5 Å². The van der Waals surface area contributed by atoms with E-state index in [0.29, 0.717) is 26.0 Å². The van der Waals surface area contributed by atoms with E-state index in [9.17, 15) is 4.79 Å². The van der Waals surface area contributed by atoms with Crippen molar-refractivity contribution in [2.75, 3.05) is 0 Å². The van der Waals surface area contributed by atoms with Crippen molar-refractivity contribution in [3.8, 4) is 0 Å². The summed E-state index contributed by atoms with van der Waals surface area (Å²) in [5.74, 6) is 0. The van der Waals surface area contributed by atoms with Crippen molar-refractivity contribution in [1.29, 1.82) is 0 Å². The van der Waals surface area contributed by atoms with Gasteiger partial charge in [0.2, 0.25) is 6.41 Å². The van der Waals surface area contributed by atoms with Crippen LogP contribution in [0.3, 0.4) is 0 Å². The fourth-order valence-electron chi connectivity index (χ4n) is 1.51. The molecule has 0 bridgehead atoms. The Hall–Kier alpha value is -1.68. The molecular weight excluding hydrogens is 202 g/mol. The first-order valence-electron chi connectivity index (χ1n) is 5.23. The molecule has 0 atom stereocenters. The normalized spacial score (nSPS) is 10.6. The number of carbonyl (C=O) groups excluding carboxylic acids is 1. The molecular formula is C12H17N3O. The van der Waals surface area contributed by atoms with Gasteiger partial charge in [-0.15, -0.1) is 0 Å². The van der Waals surface area contributed by atoms with Crippen LogP contribution in [0.15, 0.2) is 23.2 Å². The van der Waals surface area contributed by atoms with E-state index < -0.39 is 0 Å². The number of nitrogens with two attached hydrogens (primary N) is 1. The van der Waals surface area contributed by atoms with Crippen LogP contribution in [0, 0.1) is 0 Å². The molecule has 0 aliphatic carbocycles. The predicted octanol–water partition coefficient (Wildman–Crippen LogP) is 0.982. The minimum absolute atomic E-state index is 0.498. The number of hydrogen-bond acceptors (Lipinski definition) is 3. The van der Waals surface area contributed by atoms with Crippen molar-refractivity contribution in [3.05, 3.63) is 34.9 Å². The highest BCUT2D eigenvalue weighted by Crippen LogP contribution is 2.11. The highest BCUT2D eigenvalue weighted by Gasteiger charge is 1.99. The molecule has 0 unspecified atom stereocenters. The number of benzene rings is 1. The predicted molar refractivity (Wildman–Crippen MR) is 65.1 cm³/mol. The standard InChI is InChI=1S/C12H17N3O/c1-2-14-7-11-3-10(6-13)4-12(5-11)8-15-9-16/h2-5,9H,6-8,13H2,1H3,(H,15,16). The second-order valence-corrected chi connectivity index (χ2v) is 3.46. The lowest BCUT2D eigenvalue weighted by molar-refractivity contribution is -0.109. The largest absolute Gasteiger partial charge is 0.355 e. The maximum Gasteiger partial charge on any atom is 0.207 e. The molecule has 0 saturated heterocycles. The number of carbonyl (C=O) groups is 1. The Bertz CT molecular complexity index is 375. The Kier molecular flexibility index (Phi) is 5.22. The van der Waals surface area contributed by atoms with Gasteiger partial charge in [0, 0.05) is 13.1 Å². The van der Waals surface area contributed by atoms with Crippen LogP contribution in [-0.2, 0) is 24.4 Å². The van der Waals surface area contributed by atoms with E-state index in [1.807, 2.05) is 25.1 Å². The summed E-state index contributed by atoms with van der Waals surface area (Å²) >= 11 is 0. The average Bonchev–Trinajstić information content (AvgIpc) is 2.33. The number of hydrogen-bond donors (Lipinski definition) is 2. The van der Waals surface area contributed by atoms with Gasteiger partial charge in [0.15, 0.2) is 0 Å². The first-order valence-corrected chi connectivity index (χ1v) is 5.23. The Labute approximate surface area is 95.6 Å². The van der Waals surface area contributed by atoms with Crippen LogP contribution in [0.2, 0.25) is 0 Å². The van der Waals surface area contributed by atoms with Gasteiger partial charge in [-0.25, -0.2) is 0 Å². The molecule has 4 nitrogen and oxygen atoms in total. The van der Waals surface area contributed by atoms with E-state index in [1.165, 1.54) is 0 Å². The lowest BCUT2D eigenvalue weighted by Crippen LogP contribution is -2.10. The van der Waals surface area contributed by atoms with Crippen molar-refractivity contribution < 1.29 is 4.79 Å². The second-order valence-electron chi connectivity index (χ2n) is 3.46. The van der Waals surface area contributed by atoms with Crippen molar-refractivity contribution in [3.63, 3.8) is 0 Å². The minimum Gasteiger partial charge on any atom is -0.355 e. The van der Waals surface area contributed by atoms with Crippen LogP contribution in [0.4, 0.5) is 0 Å². The van der Waals surface area contributed by atoms with Crippen molar-refractivity contribution in [2.45, 2.75) is 26.6 Å². The molecule has 1 aromatic rings. The molecule has 3 N–H and O–H groups in total. The Balaban J connectivity index is 2.86. The third kappa shape index (κ3) is 3.82. The maximum absolute atomic E-state index is 10.2. The highest BCUT2D eigenvalue weighted by molar-refractivity contribution is 5.53. The molecule has 0 aliphatic rings. The maximum atomic E-state index is 10.2. The average molecular weight is 219 g/mol. The molecule has 0 fully saturated rings. The Morgan fingerprint density at radius 2 is 2.00 bits per heavy atom. The van der Waals surface area contributed by atoms with Crippen LogP contribution >= 0.6 is 0 Å². The zero-order chi connectivity index (χ0) is 11.8. The number of amides is 1. The molecule has 86 valence electrons. The summed E-state index contributed by atoms with van der Waals surface area (Å²) in [6, 6.07) is 6.07. The van der Waals surface area contributed by atoms with Crippen molar-refractivity contribution >= 4 is 12.6 Å². The number of aliphatic imine (C=N–C) groups is 1. The van der Waals surface area contributed by atoms with E-state index in [4.69, 9.17) is 5.73 Å². The van der Waals surface area contributed by atoms with Crippen LogP contribution in [-0.4, -0.2) is 12.6 Å². The number of nitrogens with zero attached hydrogens (tertiary/aromatic N) is 1. The summed E-state index contributed by atoms with van der Waals surface area (Å²) in [6.07, 6.45) is 2.47. The number of nitrogens with one attached hydrogen (secondary N) is 1. The van der Waals surface area contributed by atoms with E-state index in [0.717, 1.165) is 16.7 Å². The van der Waals surface area contributed by atoms with Gasteiger partial charge < -0.3 is 11.1 Å². The van der Waals surface area contributed by atoms with Gasteiger partial charge in [-0.05, 0) is 29.8 Å². The van der Waals surface area contributed by atoms with Gasteiger partial charge in [0.05, 0.1) is 6.54 Å².